The number of fused-ring (bicyclic) bond motifs is 2. The molecular formula is C20H19ClN8O. The predicted octanol–water partition coefficient (Wildman–Crippen LogP) is 2.73. The van der Waals surface area contributed by atoms with Crippen LogP contribution in [0.25, 0.3) is 16.6 Å². The average molecular weight is 423 g/mol. The van der Waals surface area contributed by atoms with E-state index in [-0.39, 0.29) is 5.56 Å². The van der Waals surface area contributed by atoms with Crippen LogP contribution in [-0.4, -0.2) is 35.7 Å². The molecule has 152 valence electrons. The first-order valence-corrected chi connectivity index (χ1v) is 10.2. The van der Waals surface area contributed by atoms with Gasteiger partial charge in [-0.2, -0.15) is 10.4 Å². The van der Waals surface area contributed by atoms with Crippen LogP contribution < -0.4 is 10.5 Å². The first-order chi connectivity index (χ1) is 14.6. The van der Waals surface area contributed by atoms with E-state index >= 15 is 0 Å². The molecule has 30 heavy (non-hydrogen) atoms. The van der Waals surface area contributed by atoms with Gasteiger partial charge < -0.3 is 9.88 Å². The maximum absolute atomic E-state index is 13.2. The smallest absolute Gasteiger partial charge is 0.279 e. The fraction of sp³-hybridized carbons (Fsp3) is 0.350. The van der Waals surface area contributed by atoms with Crippen molar-refractivity contribution in [1.82, 2.24) is 29.1 Å². The van der Waals surface area contributed by atoms with Gasteiger partial charge in [0.2, 0.25) is 0 Å². The molecule has 1 saturated carbocycles. The molecule has 0 unspecified atom stereocenters. The molecule has 0 spiro atoms. The molecule has 4 aromatic heterocycles. The van der Waals surface area contributed by atoms with Crippen molar-refractivity contribution in [1.29, 1.82) is 5.26 Å². The summed E-state index contributed by atoms with van der Waals surface area (Å²) in [6.45, 7) is 3.61. The second kappa shape index (κ2) is 7.15. The Morgan fingerprint density at radius 1 is 1.40 bits per heavy atom. The van der Waals surface area contributed by atoms with Gasteiger partial charge in [-0.25, -0.2) is 14.5 Å². The number of aromatic nitrogens is 6. The Morgan fingerprint density at radius 2 is 2.23 bits per heavy atom. The molecule has 1 aliphatic carbocycles. The molecule has 9 nitrogen and oxygen atoms in total. The minimum Gasteiger partial charge on any atom is -0.349 e. The van der Waals surface area contributed by atoms with Crippen molar-refractivity contribution in [2.75, 3.05) is 11.4 Å². The Balaban J connectivity index is 1.63. The number of H-pyrrole nitrogens is 1. The van der Waals surface area contributed by atoms with E-state index in [1.165, 1.54) is 6.33 Å². The van der Waals surface area contributed by atoms with Crippen molar-refractivity contribution in [2.24, 2.45) is 5.92 Å². The van der Waals surface area contributed by atoms with E-state index in [0.29, 0.717) is 64.3 Å². The number of halogens is 1. The van der Waals surface area contributed by atoms with Crippen LogP contribution in [0, 0.1) is 17.2 Å². The molecule has 4 heterocycles. The number of rotatable bonds is 6. The van der Waals surface area contributed by atoms with Gasteiger partial charge in [0.1, 0.15) is 29.4 Å². The Bertz CT molecular complexity index is 1360. The minimum absolute atomic E-state index is 0.134. The number of nitriles is 1. The lowest BCUT2D eigenvalue weighted by molar-refractivity contribution is 0.541. The highest BCUT2D eigenvalue weighted by molar-refractivity contribution is 6.33. The largest absolute Gasteiger partial charge is 0.349 e. The average Bonchev–Trinajstić information content (AvgIpc) is 3.35. The van der Waals surface area contributed by atoms with E-state index in [0.717, 1.165) is 12.8 Å². The monoisotopic (exact) mass is 422 g/mol. The highest BCUT2D eigenvalue weighted by Gasteiger charge is 2.26. The van der Waals surface area contributed by atoms with Crippen LogP contribution >= 0.6 is 11.6 Å². The number of hydrogen-bond acceptors (Lipinski definition) is 6. The van der Waals surface area contributed by atoms with Crippen LogP contribution in [0.1, 0.15) is 31.2 Å². The van der Waals surface area contributed by atoms with E-state index in [1.807, 2.05) is 11.8 Å². The molecule has 5 rings (SSSR count). The Hall–Kier alpha value is -3.38. The van der Waals surface area contributed by atoms with Crippen LogP contribution in [0.15, 0.2) is 29.6 Å². The molecule has 0 atom stereocenters. The molecule has 0 aromatic carbocycles. The summed E-state index contributed by atoms with van der Waals surface area (Å²) < 4.78 is 3.28. The SMILES string of the molecule is CCN(Cc1nn2ccc(Cl)c2c(=O)n1CC1CC1)c1ncnc2[nH]cc(C#N)c12. The Kier molecular flexibility index (Phi) is 4.44. The van der Waals surface area contributed by atoms with Gasteiger partial charge >= 0.3 is 0 Å². The Morgan fingerprint density at radius 3 is 2.97 bits per heavy atom. The van der Waals surface area contributed by atoms with Crippen LogP contribution in [0.2, 0.25) is 5.02 Å². The van der Waals surface area contributed by atoms with Crippen LogP contribution in [-0.2, 0) is 13.1 Å². The zero-order valence-electron chi connectivity index (χ0n) is 16.3. The summed E-state index contributed by atoms with van der Waals surface area (Å²) >= 11 is 6.23. The first-order valence-electron chi connectivity index (χ1n) is 9.84. The highest BCUT2D eigenvalue weighted by atomic mass is 35.5. The second-order valence-corrected chi connectivity index (χ2v) is 7.89. The molecule has 10 heteroatoms. The quantitative estimate of drug-likeness (QED) is 0.511. The van der Waals surface area contributed by atoms with Crippen molar-refractivity contribution in [3.63, 3.8) is 0 Å². The van der Waals surface area contributed by atoms with E-state index < -0.39 is 0 Å². The summed E-state index contributed by atoms with van der Waals surface area (Å²) in [5, 5.41) is 15.3. The van der Waals surface area contributed by atoms with Crippen molar-refractivity contribution in [2.45, 2.75) is 32.9 Å². The predicted molar refractivity (Wildman–Crippen MR) is 113 cm³/mol. The fourth-order valence-corrected chi connectivity index (χ4v) is 3.98. The molecule has 1 N–H and O–H groups in total. The van der Waals surface area contributed by atoms with Gasteiger partial charge in [0.15, 0.2) is 5.82 Å². The number of aromatic amines is 1. The van der Waals surface area contributed by atoms with Crippen molar-refractivity contribution >= 4 is 34.0 Å². The van der Waals surface area contributed by atoms with Gasteiger partial charge in [-0.1, -0.05) is 11.6 Å². The lowest BCUT2D eigenvalue weighted by atomic mass is 10.2. The molecule has 0 radical (unpaired) electrons. The van der Waals surface area contributed by atoms with E-state index in [9.17, 15) is 10.1 Å². The summed E-state index contributed by atoms with van der Waals surface area (Å²) in [6, 6.07) is 3.87. The first kappa shape index (κ1) is 18.6. The third kappa shape index (κ3) is 3.00. The summed E-state index contributed by atoms with van der Waals surface area (Å²) in [7, 11) is 0. The van der Waals surface area contributed by atoms with Gasteiger partial charge in [-0.15, -0.1) is 0 Å². The molecule has 0 aliphatic heterocycles. The molecular weight excluding hydrogens is 404 g/mol. The van der Waals surface area contributed by atoms with E-state index in [1.54, 1.807) is 27.5 Å². The van der Waals surface area contributed by atoms with Crippen molar-refractivity contribution < 1.29 is 0 Å². The maximum Gasteiger partial charge on any atom is 0.279 e. The summed E-state index contributed by atoms with van der Waals surface area (Å²) in [6.07, 6.45) is 7.03. The van der Waals surface area contributed by atoms with Crippen LogP contribution in [0.3, 0.4) is 0 Å². The number of anilines is 1. The molecule has 0 saturated heterocycles. The molecule has 1 fully saturated rings. The lowest BCUT2D eigenvalue weighted by Gasteiger charge is -2.24. The minimum atomic E-state index is -0.134. The van der Waals surface area contributed by atoms with E-state index in [4.69, 9.17) is 16.7 Å². The van der Waals surface area contributed by atoms with Gasteiger partial charge in [0.25, 0.3) is 5.56 Å². The third-order valence-electron chi connectivity index (χ3n) is 5.52. The molecule has 0 bridgehead atoms. The lowest BCUT2D eigenvalue weighted by Crippen LogP contribution is -2.33. The standard InChI is InChI=1S/C20H19ClN8O/c1-2-27(19-16-13(7-22)8-23-18(16)24-11-25-19)10-15-26-29-6-5-14(21)17(29)20(30)28(15)9-12-3-4-12/h5-6,8,11-12H,2-4,9-10H2,1H3,(H,23,24,25). The third-order valence-corrected chi connectivity index (χ3v) is 5.83. The number of hydrogen-bond donors (Lipinski definition) is 1. The van der Waals surface area contributed by atoms with Crippen molar-refractivity contribution in [3.8, 4) is 6.07 Å². The summed E-state index contributed by atoms with van der Waals surface area (Å²) in [4.78, 5) is 26.9. The molecule has 4 aromatic rings. The fourth-order valence-electron chi connectivity index (χ4n) is 3.75. The summed E-state index contributed by atoms with van der Waals surface area (Å²) in [5.41, 5.74) is 1.34. The topological polar surface area (TPSA) is 108 Å². The number of nitrogens with one attached hydrogen (secondary N) is 1. The van der Waals surface area contributed by atoms with Gasteiger partial charge in [-0.05, 0) is 31.7 Å². The van der Waals surface area contributed by atoms with E-state index in [2.05, 4.69) is 21.0 Å². The van der Waals surface area contributed by atoms with Crippen LogP contribution in [0.5, 0.6) is 0 Å². The zero-order valence-corrected chi connectivity index (χ0v) is 17.1. The van der Waals surface area contributed by atoms with Crippen LogP contribution in [0.4, 0.5) is 5.82 Å². The number of nitrogens with zero attached hydrogens (tertiary/aromatic N) is 7. The summed E-state index contributed by atoms with van der Waals surface area (Å²) in [5.74, 6) is 1.77. The molecule has 1 aliphatic rings. The molecule has 0 amide bonds. The second-order valence-electron chi connectivity index (χ2n) is 7.48. The zero-order chi connectivity index (χ0) is 20.8. The van der Waals surface area contributed by atoms with Gasteiger partial charge in [0.05, 0.1) is 22.5 Å². The van der Waals surface area contributed by atoms with Gasteiger partial charge in [0, 0.05) is 25.5 Å². The maximum atomic E-state index is 13.2. The normalized spacial score (nSPS) is 13.8. The van der Waals surface area contributed by atoms with Crippen molar-refractivity contribution in [3.05, 3.63) is 51.6 Å². The highest BCUT2D eigenvalue weighted by Crippen LogP contribution is 2.31. The Labute approximate surface area is 176 Å². The van der Waals surface area contributed by atoms with Gasteiger partial charge in [-0.3, -0.25) is 9.36 Å².